The molecule has 1 saturated heterocycles. The van der Waals surface area contributed by atoms with Crippen LogP contribution in [0.15, 0.2) is 47.5 Å². The largest absolute Gasteiger partial charge is 0.487 e. The molecule has 1 fully saturated rings. The highest BCUT2D eigenvalue weighted by molar-refractivity contribution is 7.90. The van der Waals surface area contributed by atoms with E-state index in [0.29, 0.717) is 38.0 Å². The molecule has 29 heavy (non-hydrogen) atoms. The molecule has 0 saturated carbocycles. The molecule has 7 nitrogen and oxygen atoms in total. The fourth-order valence-electron chi connectivity index (χ4n) is 3.31. The van der Waals surface area contributed by atoms with E-state index in [0.717, 1.165) is 24.1 Å². The Hall–Kier alpha value is -2.61. The van der Waals surface area contributed by atoms with Gasteiger partial charge in [-0.15, -0.1) is 0 Å². The number of aromatic nitrogens is 1. The number of pyridine rings is 1. The maximum absolute atomic E-state index is 11.8. The minimum absolute atomic E-state index is 0.235. The predicted octanol–water partition coefficient (Wildman–Crippen LogP) is 3.40. The number of ether oxygens (including phenoxy) is 2. The molecule has 0 spiro atoms. The first kappa shape index (κ1) is 21.1. The van der Waals surface area contributed by atoms with Crippen molar-refractivity contribution in [1.29, 1.82) is 0 Å². The fourth-order valence-corrected chi connectivity index (χ4v) is 3.94. The number of benzene rings is 1. The summed E-state index contributed by atoms with van der Waals surface area (Å²) in [5.74, 6) is 0.973. The van der Waals surface area contributed by atoms with Crippen LogP contribution in [0, 0.1) is 0 Å². The van der Waals surface area contributed by atoms with E-state index in [2.05, 4.69) is 11.1 Å². The van der Waals surface area contributed by atoms with Gasteiger partial charge in [0.05, 0.1) is 17.2 Å². The van der Waals surface area contributed by atoms with Gasteiger partial charge >= 0.3 is 6.09 Å². The Balaban J connectivity index is 1.51. The van der Waals surface area contributed by atoms with Crippen LogP contribution in [0.3, 0.4) is 0 Å². The van der Waals surface area contributed by atoms with Crippen LogP contribution in [0.25, 0.3) is 0 Å². The van der Waals surface area contributed by atoms with Crippen LogP contribution in [0.2, 0.25) is 0 Å². The van der Waals surface area contributed by atoms with E-state index in [9.17, 15) is 13.2 Å². The van der Waals surface area contributed by atoms with Gasteiger partial charge in [-0.1, -0.05) is 6.07 Å². The van der Waals surface area contributed by atoms with Crippen molar-refractivity contribution in [3.05, 3.63) is 53.9 Å². The van der Waals surface area contributed by atoms with Crippen molar-refractivity contribution in [2.24, 2.45) is 0 Å². The molecule has 1 aliphatic heterocycles. The first-order valence-corrected chi connectivity index (χ1v) is 11.6. The summed E-state index contributed by atoms with van der Waals surface area (Å²) in [7, 11) is -3.21. The number of hydrogen-bond acceptors (Lipinski definition) is 6. The maximum atomic E-state index is 11.8. The summed E-state index contributed by atoms with van der Waals surface area (Å²) in [6.07, 6.45) is 4.60. The topological polar surface area (TPSA) is 85.8 Å². The van der Waals surface area contributed by atoms with Crippen molar-refractivity contribution >= 4 is 15.9 Å². The molecule has 8 heteroatoms. The lowest BCUT2D eigenvalue weighted by Gasteiger charge is -2.31. The second-order valence-electron chi connectivity index (χ2n) is 7.08. The van der Waals surface area contributed by atoms with E-state index >= 15 is 0 Å². The van der Waals surface area contributed by atoms with Gasteiger partial charge in [-0.05, 0) is 61.6 Å². The standard InChI is InChI=1S/C21H26N2O5S/c1-3-27-21(24)23-12-10-16(11-13-23)17-4-5-18(22-14-17)15-28-19-6-8-20(9-7-19)29(2,25)26/h4-9,14,16H,3,10-13,15H2,1-2H3. The van der Waals surface area contributed by atoms with Crippen LogP contribution in [0.5, 0.6) is 5.75 Å². The number of likely N-dealkylation sites (tertiary alicyclic amines) is 1. The van der Waals surface area contributed by atoms with Crippen molar-refractivity contribution in [2.45, 2.75) is 37.2 Å². The van der Waals surface area contributed by atoms with Crippen LogP contribution in [0.4, 0.5) is 4.79 Å². The first-order chi connectivity index (χ1) is 13.9. The Labute approximate surface area is 171 Å². The lowest BCUT2D eigenvalue weighted by atomic mass is 9.90. The SMILES string of the molecule is CCOC(=O)N1CCC(c2ccc(COc3ccc(S(C)(=O)=O)cc3)nc2)CC1. The van der Waals surface area contributed by atoms with Gasteiger partial charge in [-0.25, -0.2) is 13.2 Å². The maximum Gasteiger partial charge on any atom is 0.409 e. The minimum atomic E-state index is -3.21. The Kier molecular flexibility index (Phi) is 6.74. The molecule has 1 aromatic heterocycles. The Morgan fingerprint density at radius 2 is 1.83 bits per heavy atom. The molecule has 1 aliphatic rings. The number of hydrogen-bond donors (Lipinski definition) is 0. The molecule has 0 aliphatic carbocycles. The van der Waals surface area contributed by atoms with Gasteiger partial charge in [0.2, 0.25) is 0 Å². The molecule has 0 atom stereocenters. The van der Waals surface area contributed by atoms with Crippen LogP contribution in [0.1, 0.15) is 36.9 Å². The smallest absolute Gasteiger partial charge is 0.409 e. The number of nitrogens with zero attached hydrogens (tertiary/aromatic N) is 2. The summed E-state index contributed by atoms with van der Waals surface area (Å²) in [6.45, 7) is 3.90. The summed E-state index contributed by atoms with van der Waals surface area (Å²) >= 11 is 0. The summed E-state index contributed by atoms with van der Waals surface area (Å²) in [6, 6.07) is 10.3. The van der Waals surface area contributed by atoms with E-state index < -0.39 is 9.84 Å². The van der Waals surface area contributed by atoms with Crippen molar-refractivity contribution in [3.8, 4) is 5.75 Å². The second-order valence-corrected chi connectivity index (χ2v) is 9.09. The van der Waals surface area contributed by atoms with E-state index in [1.807, 2.05) is 19.2 Å². The summed E-state index contributed by atoms with van der Waals surface area (Å²) in [4.78, 5) is 18.3. The van der Waals surface area contributed by atoms with Gasteiger partial charge in [0.25, 0.3) is 0 Å². The summed E-state index contributed by atoms with van der Waals surface area (Å²) in [5.41, 5.74) is 1.96. The van der Waals surface area contributed by atoms with E-state index in [4.69, 9.17) is 9.47 Å². The monoisotopic (exact) mass is 418 g/mol. The Morgan fingerprint density at radius 3 is 2.38 bits per heavy atom. The summed E-state index contributed by atoms with van der Waals surface area (Å²) < 4.78 is 33.7. The molecular formula is C21H26N2O5S. The minimum Gasteiger partial charge on any atom is -0.487 e. The number of amides is 1. The molecule has 0 bridgehead atoms. The average Bonchev–Trinajstić information content (AvgIpc) is 2.73. The van der Waals surface area contributed by atoms with E-state index in [1.165, 1.54) is 18.4 Å². The quantitative estimate of drug-likeness (QED) is 0.715. The Morgan fingerprint density at radius 1 is 1.14 bits per heavy atom. The number of sulfone groups is 1. The molecule has 0 N–H and O–H groups in total. The fraction of sp³-hybridized carbons (Fsp3) is 0.429. The highest BCUT2D eigenvalue weighted by Crippen LogP contribution is 2.28. The molecule has 1 amide bonds. The number of piperidine rings is 1. The second kappa shape index (κ2) is 9.26. The lowest BCUT2D eigenvalue weighted by molar-refractivity contribution is 0.0970. The average molecular weight is 419 g/mol. The van der Waals surface area contributed by atoms with Crippen LogP contribution in [-0.4, -0.2) is 50.3 Å². The predicted molar refractivity (Wildman–Crippen MR) is 109 cm³/mol. The summed E-state index contributed by atoms with van der Waals surface area (Å²) in [5, 5.41) is 0. The third-order valence-corrected chi connectivity index (χ3v) is 6.11. The molecule has 1 aromatic carbocycles. The van der Waals surface area contributed by atoms with Gasteiger partial charge in [0.15, 0.2) is 9.84 Å². The molecule has 2 aromatic rings. The highest BCUT2D eigenvalue weighted by atomic mass is 32.2. The van der Waals surface area contributed by atoms with Crippen molar-refractivity contribution < 1.29 is 22.7 Å². The number of rotatable bonds is 6. The van der Waals surface area contributed by atoms with Crippen molar-refractivity contribution in [2.75, 3.05) is 26.0 Å². The lowest BCUT2D eigenvalue weighted by Crippen LogP contribution is -2.38. The molecule has 156 valence electrons. The van der Waals surface area contributed by atoms with Crippen LogP contribution < -0.4 is 4.74 Å². The van der Waals surface area contributed by atoms with Crippen LogP contribution >= 0.6 is 0 Å². The van der Waals surface area contributed by atoms with Crippen molar-refractivity contribution in [3.63, 3.8) is 0 Å². The zero-order valence-electron chi connectivity index (χ0n) is 16.7. The highest BCUT2D eigenvalue weighted by Gasteiger charge is 2.24. The molecule has 0 unspecified atom stereocenters. The van der Waals surface area contributed by atoms with E-state index in [-0.39, 0.29) is 11.0 Å². The zero-order valence-corrected chi connectivity index (χ0v) is 17.5. The molecule has 3 rings (SSSR count). The van der Waals surface area contributed by atoms with Crippen molar-refractivity contribution in [1.82, 2.24) is 9.88 Å². The van der Waals surface area contributed by atoms with E-state index in [1.54, 1.807) is 17.0 Å². The van der Waals surface area contributed by atoms with Crippen LogP contribution in [-0.2, 0) is 21.2 Å². The van der Waals surface area contributed by atoms with Gasteiger partial charge in [0, 0.05) is 25.5 Å². The Bertz CT molecular complexity index is 919. The molecule has 2 heterocycles. The zero-order chi connectivity index (χ0) is 20.9. The van der Waals surface area contributed by atoms with Gasteiger partial charge < -0.3 is 14.4 Å². The third kappa shape index (κ3) is 5.69. The normalized spacial score (nSPS) is 15.2. The number of carbonyl (C=O) groups is 1. The third-order valence-electron chi connectivity index (χ3n) is 4.98. The van der Waals surface area contributed by atoms with Gasteiger partial charge in [-0.3, -0.25) is 4.98 Å². The first-order valence-electron chi connectivity index (χ1n) is 9.66. The number of carbonyl (C=O) groups excluding carboxylic acids is 1. The van der Waals surface area contributed by atoms with Gasteiger partial charge in [-0.2, -0.15) is 0 Å². The molecule has 0 radical (unpaired) electrons. The molecular weight excluding hydrogens is 392 g/mol. The van der Waals surface area contributed by atoms with Gasteiger partial charge in [0.1, 0.15) is 12.4 Å².